The van der Waals surface area contributed by atoms with Gasteiger partial charge in [0.05, 0.1) is 17.2 Å². The first-order valence-electron chi connectivity index (χ1n) is 9.60. The molecule has 0 bridgehead atoms. The number of hydrogen-bond acceptors (Lipinski definition) is 4. The molecule has 0 amide bonds. The lowest BCUT2D eigenvalue weighted by Gasteiger charge is -2.44. The molecular weight excluding hydrogens is 391 g/mol. The van der Waals surface area contributed by atoms with Crippen LogP contribution in [0.5, 0.6) is 0 Å². The first-order valence-corrected chi connectivity index (χ1v) is 9.60. The fourth-order valence-electron chi connectivity index (χ4n) is 4.73. The number of aromatic nitrogens is 1. The van der Waals surface area contributed by atoms with E-state index < -0.39 is 17.7 Å². The Morgan fingerprint density at radius 3 is 2.63 bits per heavy atom. The van der Waals surface area contributed by atoms with E-state index in [1.807, 2.05) is 19.9 Å². The zero-order chi connectivity index (χ0) is 21.8. The van der Waals surface area contributed by atoms with Gasteiger partial charge in [-0.3, -0.25) is 4.79 Å². The predicted molar refractivity (Wildman–Crippen MR) is 105 cm³/mol. The van der Waals surface area contributed by atoms with Gasteiger partial charge < -0.3 is 5.32 Å². The molecule has 0 spiro atoms. The van der Waals surface area contributed by atoms with Crippen molar-refractivity contribution in [2.75, 3.05) is 5.32 Å². The molecule has 2 aromatic rings. The summed E-state index contributed by atoms with van der Waals surface area (Å²) in [5.74, 6) is -0.707. The van der Waals surface area contributed by atoms with E-state index in [1.165, 1.54) is 18.2 Å². The molecule has 0 unspecified atom stereocenters. The minimum absolute atomic E-state index is 0.155. The molecule has 4 rings (SSSR count). The number of nitrogens with one attached hydrogen (secondary N) is 1. The van der Waals surface area contributed by atoms with Crippen molar-refractivity contribution in [2.45, 2.75) is 45.5 Å². The van der Waals surface area contributed by atoms with Crippen molar-refractivity contribution in [3.05, 3.63) is 69.8 Å². The zero-order valence-electron chi connectivity index (χ0n) is 16.8. The van der Waals surface area contributed by atoms with Gasteiger partial charge in [-0.15, -0.1) is 0 Å². The second kappa shape index (κ2) is 6.69. The molecule has 0 saturated heterocycles. The summed E-state index contributed by atoms with van der Waals surface area (Å²) in [5, 5.41) is 12.8. The van der Waals surface area contributed by atoms with Gasteiger partial charge in [-0.25, -0.2) is 18.2 Å². The van der Waals surface area contributed by atoms with Gasteiger partial charge in [-0.05, 0) is 30.4 Å². The van der Waals surface area contributed by atoms with Crippen LogP contribution in [0, 0.1) is 22.6 Å². The van der Waals surface area contributed by atoms with Crippen molar-refractivity contribution in [2.24, 2.45) is 5.41 Å². The van der Waals surface area contributed by atoms with E-state index in [0.717, 1.165) is 6.20 Å². The first kappa shape index (κ1) is 20.1. The van der Waals surface area contributed by atoms with E-state index in [4.69, 9.17) is 0 Å². The Balaban J connectivity index is 2.09. The lowest BCUT2D eigenvalue weighted by atomic mass is 9.61. The van der Waals surface area contributed by atoms with Crippen LogP contribution in [0.25, 0.3) is 0 Å². The highest BCUT2D eigenvalue weighted by Gasteiger charge is 2.49. The number of alkyl halides is 2. The van der Waals surface area contributed by atoms with E-state index in [0.29, 0.717) is 23.3 Å². The van der Waals surface area contributed by atoms with Crippen molar-refractivity contribution in [1.29, 1.82) is 5.26 Å². The summed E-state index contributed by atoms with van der Waals surface area (Å²) < 4.78 is 41.4. The number of fused-ring (bicyclic) bond motifs is 1. The molecule has 154 valence electrons. The monoisotopic (exact) mass is 411 g/mol. The molecule has 30 heavy (non-hydrogen) atoms. The quantitative estimate of drug-likeness (QED) is 0.718. The molecule has 1 N–H and O–H groups in total. The summed E-state index contributed by atoms with van der Waals surface area (Å²) in [4.78, 5) is 17.4. The van der Waals surface area contributed by atoms with Crippen LogP contribution in [0.1, 0.15) is 62.3 Å². The van der Waals surface area contributed by atoms with E-state index in [1.54, 1.807) is 13.0 Å². The van der Waals surface area contributed by atoms with Gasteiger partial charge in [-0.1, -0.05) is 32.0 Å². The highest BCUT2D eigenvalue weighted by molar-refractivity contribution is 6.03. The molecule has 0 radical (unpaired) electrons. The molecule has 1 aliphatic heterocycles. The molecule has 1 aliphatic carbocycles. The summed E-state index contributed by atoms with van der Waals surface area (Å²) in [7, 11) is 0. The van der Waals surface area contributed by atoms with Crippen LogP contribution in [0.4, 0.5) is 19.0 Å². The molecular formula is C23H20F3N3O. The fraction of sp³-hybridized carbons (Fsp3) is 0.348. The number of nitriles is 1. The number of pyridine rings is 1. The van der Waals surface area contributed by atoms with Crippen molar-refractivity contribution >= 4 is 11.6 Å². The second-order valence-corrected chi connectivity index (χ2v) is 8.79. The second-order valence-electron chi connectivity index (χ2n) is 8.79. The molecule has 1 atom stereocenters. The van der Waals surface area contributed by atoms with Gasteiger partial charge in [0.2, 0.25) is 0 Å². The molecule has 0 saturated carbocycles. The van der Waals surface area contributed by atoms with Crippen LogP contribution in [0.15, 0.2) is 41.7 Å². The van der Waals surface area contributed by atoms with Gasteiger partial charge >= 0.3 is 0 Å². The van der Waals surface area contributed by atoms with Crippen molar-refractivity contribution in [1.82, 2.24) is 4.98 Å². The number of hydrogen-bond donors (Lipinski definition) is 1. The molecule has 4 nitrogen and oxygen atoms in total. The summed E-state index contributed by atoms with van der Waals surface area (Å²) in [6.45, 7) is 5.63. The molecule has 1 aromatic carbocycles. The Morgan fingerprint density at radius 1 is 1.23 bits per heavy atom. The van der Waals surface area contributed by atoms with Gasteiger partial charge in [0.15, 0.2) is 11.6 Å². The van der Waals surface area contributed by atoms with Crippen molar-refractivity contribution < 1.29 is 18.0 Å². The van der Waals surface area contributed by atoms with E-state index in [2.05, 4.69) is 10.3 Å². The summed E-state index contributed by atoms with van der Waals surface area (Å²) in [6, 6.07) is 7.62. The topological polar surface area (TPSA) is 65.8 Å². The number of allylic oxidation sites excluding steroid dienone is 2. The summed E-state index contributed by atoms with van der Waals surface area (Å²) >= 11 is 0. The summed E-state index contributed by atoms with van der Waals surface area (Å²) in [6.07, 6.45) is -0.942. The Labute approximate surface area is 172 Å². The van der Waals surface area contributed by atoms with Crippen LogP contribution < -0.4 is 5.32 Å². The molecule has 7 heteroatoms. The van der Waals surface area contributed by atoms with Crippen molar-refractivity contribution in [3.8, 4) is 6.07 Å². The average Bonchev–Trinajstić information content (AvgIpc) is 2.67. The Hall–Kier alpha value is -3.14. The number of carbonyl (C=O) groups is 1. The third-order valence-electron chi connectivity index (χ3n) is 6.00. The number of anilines is 1. The zero-order valence-corrected chi connectivity index (χ0v) is 16.8. The largest absolute Gasteiger partial charge is 0.343 e. The van der Waals surface area contributed by atoms with Crippen LogP contribution in [0.2, 0.25) is 0 Å². The van der Waals surface area contributed by atoms with Crippen molar-refractivity contribution in [3.63, 3.8) is 0 Å². The lowest BCUT2D eigenvalue weighted by molar-refractivity contribution is -0.118. The highest BCUT2D eigenvalue weighted by Crippen LogP contribution is 2.53. The minimum Gasteiger partial charge on any atom is -0.343 e. The number of Topliss-reactive ketones (excluding diaryl/α,β-unsaturated/α-hetero) is 1. The average molecular weight is 411 g/mol. The summed E-state index contributed by atoms with van der Waals surface area (Å²) in [5.41, 5.74) is -0.445. The molecule has 2 heterocycles. The Kier molecular flexibility index (Phi) is 4.50. The number of ketones is 1. The maximum absolute atomic E-state index is 14.6. The fourth-order valence-corrected chi connectivity index (χ4v) is 4.73. The molecule has 2 aliphatic rings. The lowest BCUT2D eigenvalue weighted by Crippen LogP contribution is -2.43. The normalized spacial score (nSPS) is 22.3. The van der Waals surface area contributed by atoms with Crippen LogP contribution >= 0.6 is 0 Å². The molecule has 1 aromatic heterocycles. The standard InChI is InChI=1S/C23H20F3N3O/c1-22(2)8-16-19(17(30)9-22)23(3,13-6-4-5-12(7-13)20(25)26)18-14(10-27)15(24)11-28-21(18)29-16/h4-7,11,20H,8-9H2,1-3H3,(H,28,29)/t23-/m0/s1. The third kappa shape index (κ3) is 2.90. The number of rotatable bonds is 2. The Bertz CT molecular complexity index is 1150. The van der Waals surface area contributed by atoms with Gasteiger partial charge in [-0.2, -0.15) is 5.26 Å². The maximum atomic E-state index is 14.6. The van der Waals surface area contributed by atoms with Gasteiger partial charge in [0.1, 0.15) is 11.9 Å². The van der Waals surface area contributed by atoms with Gasteiger partial charge in [0.25, 0.3) is 6.43 Å². The molecule has 0 fully saturated rings. The SMILES string of the molecule is CC1(C)CC(=O)C2=C(C1)Nc1ncc(F)c(C#N)c1[C@]2(C)c1cccc(C(F)F)c1. The Morgan fingerprint density at radius 2 is 1.97 bits per heavy atom. The maximum Gasteiger partial charge on any atom is 0.263 e. The number of nitrogens with zero attached hydrogens (tertiary/aromatic N) is 2. The van der Waals surface area contributed by atoms with E-state index in [-0.39, 0.29) is 40.1 Å². The predicted octanol–water partition coefficient (Wildman–Crippen LogP) is 5.40. The van der Waals surface area contributed by atoms with E-state index >= 15 is 0 Å². The smallest absolute Gasteiger partial charge is 0.263 e. The first-order chi connectivity index (χ1) is 14.1. The van der Waals surface area contributed by atoms with E-state index in [9.17, 15) is 23.2 Å². The highest BCUT2D eigenvalue weighted by atomic mass is 19.3. The number of carbonyl (C=O) groups excluding carboxylic acids is 1. The number of halogens is 3. The van der Waals surface area contributed by atoms with Crippen LogP contribution in [-0.2, 0) is 10.2 Å². The number of benzene rings is 1. The van der Waals surface area contributed by atoms with Crippen LogP contribution in [-0.4, -0.2) is 10.8 Å². The minimum atomic E-state index is -2.70. The van der Waals surface area contributed by atoms with Gasteiger partial charge in [0, 0.05) is 28.8 Å². The van der Waals surface area contributed by atoms with Crippen LogP contribution in [0.3, 0.4) is 0 Å². The third-order valence-corrected chi connectivity index (χ3v) is 6.00.